The molecule has 0 radical (unpaired) electrons. The van der Waals surface area contributed by atoms with Gasteiger partial charge in [-0.15, -0.1) is 0 Å². The number of hydrogen-bond acceptors (Lipinski definition) is 6. The van der Waals surface area contributed by atoms with Gasteiger partial charge in [0, 0.05) is 26.7 Å². The molecule has 16 heavy (non-hydrogen) atoms. The summed E-state index contributed by atoms with van der Waals surface area (Å²) in [5.41, 5.74) is 0. The summed E-state index contributed by atoms with van der Waals surface area (Å²) >= 11 is 1.50. The van der Waals surface area contributed by atoms with Gasteiger partial charge in [-0.1, -0.05) is 11.8 Å². The quantitative estimate of drug-likeness (QED) is 0.619. The van der Waals surface area contributed by atoms with Crippen molar-refractivity contribution in [3.8, 4) is 6.07 Å². The van der Waals surface area contributed by atoms with E-state index >= 15 is 0 Å². The second-order valence-electron chi connectivity index (χ2n) is 3.18. The van der Waals surface area contributed by atoms with Crippen LogP contribution in [0.1, 0.15) is 6.42 Å². The van der Waals surface area contributed by atoms with Gasteiger partial charge in [0.25, 0.3) is 0 Å². The molecule has 0 aromatic carbocycles. The summed E-state index contributed by atoms with van der Waals surface area (Å²) < 4.78 is 0. The lowest BCUT2D eigenvalue weighted by molar-refractivity contribution is 0.852. The van der Waals surface area contributed by atoms with Crippen LogP contribution < -0.4 is 10.2 Å². The highest BCUT2D eigenvalue weighted by molar-refractivity contribution is 7.98. The molecule has 0 saturated heterocycles. The number of nitrogens with one attached hydrogen (secondary N) is 1. The number of nitriles is 1. The summed E-state index contributed by atoms with van der Waals surface area (Å²) in [5, 5.41) is 12.3. The van der Waals surface area contributed by atoms with Gasteiger partial charge in [-0.25, -0.2) is 9.97 Å². The van der Waals surface area contributed by atoms with Crippen molar-refractivity contribution in [3.63, 3.8) is 0 Å². The third-order valence-electron chi connectivity index (χ3n) is 2.08. The number of rotatable bonds is 5. The van der Waals surface area contributed by atoms with Crippen LogP contribution in [0.3, 0.4) is 0 Å². The van der Waals surface area contributed by atoms with Crippen molar-refractivity contribution in [1.29, 1.82) is 5.26 Å². The van der Waals surface area contributed by atoms with E-state index in [0.29, 0.717) is 13.0 Å². The first-order valence-corrected chi connectivity index (χ1v) is 6.12. The average molecular weight is 237 g/mol. The molecular formula is C10H15N5S. The summed E-state index contributed by atoms with van der Waals surface area (Å²) in [5.74, 6) is 1.62. The molecule has 1 aromatic rings. The van der Waals surface area contributed by atoms with E-state index < -0.39 is 0 Å². The maximum Gasteiger partial charge on any atom is 0.191 e. The lowest BCUT2D eigenvalue weighted by Crippen LogP contribution is -2.20. The van der Waals surface area contributed by atoms with E-state index in [4.69, 9.17) is 5.26 Å². The van der Waals surface area contributed by atoms with Crippen LogP contribution >= 0.6 is 11.8 Å². The van der Waals surface area contributed by atoms with Gasteiger partial charge >= 0.3 is 0 Å². The zero-order valence-electron chi connectivity index (χ0n) is 9.69. The predicted octanol–water partition coefficient (Wildman–Crippen LogP) is 1.59. The van der Waals surface area contributed by atoms with Crippen molar-refractivity contribution in [2.45, 2.75) is 11.6 Å². The van der Waals surface area contributed by atoms with Crippen LogP contribution in [-0.2, 0) is 0 Å². The van der Waals surface area contributed by atoms with Crippen LogP contribution in [0.25, 0.3) is 0 Å². The molecule has 1 aromatic heterocycles. The van der Waals surface area contributed by atoms with Crippen LogP contribution in [0, 0.1) is 11.3 Å². The lowest BCUT2D eigenvalue weighted by atomic mass is 10.4. The Morgan fingerprint density at radius 1 is 1.56 bits per heavy atom. The predicted molar refractivity (Wildman–Crippen MR) is 66.9 cm³/mol. The van der Waals surface area contributed by atoms with E-state index in [2.05, 4.69) is 21.4 Å². The summed E-state index contributed by atoms with van der Waals surface area (Å²) in [7, 11) is 3.74. The third kappa shape index (κ3) is 3.28. The Bertz CT molecular complexity index is 365. The highest BCUT2D eigenvalue weighted by Crippen LogP contribution is 2.19. The molecule has 1 rings (SSSR count). The number of aromatic nitrogens is 2. The third-order valence-corrected chi connectivity index (χ3v) is 2.63. The maximum absolute atomic E-state index is 8.54. The summed E-state index contributed by atoms with van der Waals surface area (Å²) in [6.07, 6.45) is 2.43. The van der Waals surface area contributed by atoms with Gasteiger partial charge in [0.2, 0.25) is 0 Å². The molecule has 86 valence electrons. The van der Waals surface area contributed by atoms with Gasteiger partial charge in [0.1, 0.15) is 11.6 Å². The molecule has 0 bridgehead atoms. The molecule has 0 aliphatic rings. The molecule has 0 spiro atoms. The Balaban J connectivity index is 2.90. The minimum Gasteiger partial charge on any atom is -0.373 e. The number of thioether (sulfide) groups is 1. The molecule has 5 nitrogen and oxygen atoms in total. The van der Waals surface area contributed by atoms with E-state index in [9.17, 15) is 0 Å². The Hall–Kier alpha value is -1.48. The number of anilines is 2. The van der Waals surface area contributed by atoms with Crippen molar-refractivity contribution in [3.05, 3.63) is 6.07 Å². The summed E-state index contributed by atoms with van der Waals surface area (Å²) in [6.45, 7) is 0.671. The molecule has 0 atom stereocenters. The SMILES string of the molecule is CNc1cc(N(C)CCC#N)nc(SC)n1. The summed E-state index contributed by atoms with van der Waals surface area (Å²) in [4.78, 5) is 10.6. The molecule has 0 aliphatic heterocycles. The summed E-state index contributed by atoms with van der Waals surface area (Å²) in [6, 6.07) is 3.99. The molecule has 0 fully saturated rings. The maximum atomic E-state index is 8.54. The van der Waals surface area contributed by atoms with Crippen molar-refractivity contribution >= 4 is 23.4 Å². The first kappa shape index (κ1) is 12.6. The topological polar surface area (TPSA) is 64.8 Å². The van der Waals surface area contributed by atoms with Crippen LogP contribution in [0.4, 0.5) is 11.6 Å². The van der Waals surface area contributed by atoms with Crippen LogP contribution in [0.15, 0.2) is 11.2 Å². The smallest absolute Gasteiger partial charge is 0.191 e. The Labute approximate surface area is 99.9 Å². The molecule has 1 N–H and O–H groups in total. The molecule has 1 heterocycles. The molecule has 0 unspecified atom stereocenters. The molecule has 0 aliphatic carbocycles. The van der Waals surface area contributed by atoms with Crippen LogP contribution in [-0.4, -0.2) is 36.9 Å². The highest BCUT2D eigenvalue weighted by atomic mass is 32.2. The fourth-order valence-corrected chi connectivity index (χ4v) is 1.53. The van der Waals surface area contributed by atoms with E-state index in [1.807, 2.05) is 31.3 Å². The molecular weight excluding hydrogens is 222 g/mol. The van der Waals surface area contributed by atoms with Crippen LogP contribution in [0.2, 0.25) is 0 Å². The van der Waals surface area contributed by atoms with E-state index in [0.717, 1.165) is 16.8 Å². The zero-order chi connectivity index (χ0) is 12.0. The first-order valence-electron chi connectivity index (χ1n) is 4.90. The number of hydrogen-bond donors (Lipinski definition) is 1. The van der Waals surface area contributed by atoms with Gasteiger partial charge in [-0.2, -0.15) is 5.26 Å². The van der Waals surface area contributed by atoms with Crippen LogP contribution in [0.5, 0.6) is 0 Å². The second kappa shape index (κ2) is 6.18. The molecule has 6 heteroatoms. The van der Waals surface area contributed by atoms with Gasteiger partial charge < -0.3 is 10.2 Å². The zero-order valence-corrected chi connectivity index (χ0v) is 10.5. The standard InChI is InChI=1S/C10H15N5S/c1-12-8-7-9(14-10(13-8)16-3)15(2)6-4-5-11/h7H,4,6H2,1-3H3,(H,12,13,14). The lowest BCUT2D eigenvalue weighted by Gasteiger charge is -2.17. The molecule has 0 amide bonds. The van der Waals surface area contributed by atoms with Gasteiger partial charge in [-0.3, -0.25) is 0 Å². The fraction of sp³-hybridized carbons (Fsp3) is 0.500. The highest BCUT2D eigenvalue weighted by Gasteiger charge is 2.06. The van der Waals surface area contributed by atoms with Crippen molar-refractivity contribution < 1.29 is 0 Å². The van der Waals surface area contributed by atoms with Gasteiger partial charge in [0.05, 0.1) is 12.5 Å². The Morgan fingerprint density at radius 3 is 2.88 bits per heavy atom. The van der Waals surface area contributed by atoms with E-state index in [1.54, 1.807) is 0 Å². The average Bonchev–Trinajstić information content (AvgIpc) is 2.35. The fourth-order valence-electron chi connectivity index (χ4n) is 1.16. The Morgan fingerprint density at radius 2 is 2.31 bits per heavy atom. The number of nitrogens with zero attached hydrogens (tertiary/aromatic N) is 4. The van der Waals surface area contributed by atoms with Crippen molar-refractivity contribution in [2.24, 2.45) is 0 Å². The monoisotopic (exact) mass is 237 g/mol. The van der Waals surface area contributed by atoms with Gasteiger partial charge in [0.15, 0.2) is 5.16 Å². The van der Waals surface area contributed by atoms with Crippen molar-refractivity contribution in [2.75, 3.05) is 37.1 Å². The van der Waals surface area contributed by atoms with E-state index in [1.165, 1.54) is 11.8 Å². The first-order chi connectivity index (χ1) is 7.71. The van der Waals surface area contributed by atoms with Gasteiger partial charge in [-0.05, 0) is 6.26 Å². The van der Waals surface area contributed by atoms with E-state index in [-0.39, 0.29) is 0 Å². The second-order valence-corrected chi connectivity index (χ2v) is 3.95. The van der Waals surface area contributed by atoms with Crippen molar-refractivity contribution in [1.82, 2.24) is 9.97 Å². The molecule has 0 saturated carbocycles. The largest absolute Gasteiger partial charge is 0.373 e. The minimum atomic E-state index is 0.490. The minimum absolute atomic E-state index is 0.490. The Kier molecular flexibility index (Phi) is 4.86. The normalized spacial score (nSPS) is 9.62.